The van der Waals surface area contributed by atoms with Crippen LogP contribution in [0.2, 0.25) is 0 Å². The van der Waals surface area contributed by atoms with Gasteiger partial charge in [-0.15, -0.1) is 0 Å². The third-order valence-corrected chi connectivity index (χ3v) is 5.63. The molecule has 2 saturated heterocycles. The van der Waals surface area contributed by atoms with Gasteiger partial charge in [-0.05, 0) is 57.5 Å². The number of carbonyl (C=O) groups is 1. The van der Waals surface area contributed by atoms with Crippen LogP contribution in [0.1, 0.15) is 51.4 Å². The molecule has 3 aliphatic rings. The number of carbonyl (C=O) groups excluding carboxylic acids is 1. The van der Waals surface area contributed by atoms with E-state index in [1.165, 1.54) is 45.3 Å². The van der Waals surface area contributed by atoms with E-state index in [1.54, 1.807) is 0 Å². The van der Waals surface area contributed by atoms with E-state index < -0.39 is 0 Å². The molecule has 120 valence electrons. The van der Waals surface area contributed by atoms with Crippen LogP contribution in [0.4, 0.5) is 0 Å². The lowest BCUT2D eigenvalue weighted by Crippen LogP contribution is -2.40. The van der Waals surface area contributed by atoms with Crippen molar-refractivity contribution in [3.05, 3.63) is 0 Å². The number of nitrogens with zero attached hydrogens (tertiary/aromatic N) is 2. The highest BCUT2D eigenvalue weighted by Gasteiger charge is 2.33. The third-order valence-electron chi connectivity index (χ3n) is 5.63. The smallest absolute Gasteiger partial charge is 0.225 e. The van der Waals surface area contributed by atoms with Crippen LogP contribution in [-0.2, 0) is 4.79 Å². The van der Waals surface area contributed by atoms with Gasteiger partial charge in [0.2, 0.25) is 5.91 Å². The van der Waals surface area contributed by atoms with Gasteiger partial charge in [0, 0.05) is 31.6 Å². The molecule has 1 aliphatic carbocycles. The number of hydrogen-bond acceptors (Lipinski definition) is 3. The SMILES string of the molecule is NC1CCCC(C(=O)N2CCC(CN3CCCCC3)C2)C1. The van der Waals surface area contributed by atoms with Gasteiger partial charge in [0.25, 0.3) is 0 Å². The van der Waals surface area contributed by atoms with E-state index in [2.05, 4.69) is 9.80 Å². The fourth-order valence-corrected chi connectivity index (χ4v) is 4.40. The third kappa shape index (κ3) is 3.98. The predicted octanol–water partition coefficient (Wildman–Crippen LogP) is 1.84. The summed E-state index contributed by atoms with van der Waals surface area (Å²) >= 11 is 0. The van der Waals surface area contributed by atoms with Crippen LogP contribution >= 0.6 is 0 Å². The molecule has 0 aromatic heterocycles. The van der Waals surface area contributed by atoms with Crippen molar-refractivity contribution in [2.75, 3.05) is 32.7 Å². The Kier molecular flexibility index (Phi) is 5.17. The molecule has 4 nitrogen and oxygen atoms in total. The monoisotopic (exact) mass is 293 g/mol. The molecule has 0 aromatic rings. The van der Waals surface area contributed by atoms with Gasteiger partial charge in [-0.2, -0.15) is 0 Å². The molecular formula is C17H31N3O. The topological polar surface area (TPSA) is 49.6 Å². The van der Waals surface area contributed by atoms with Gasteiger partial charge in [-0.3, -0.25) is 4.79 Å². The number of amides is 1. The first-order valence-electron chi connectivity index (χ1n) is 8.99. The Labute approximate surface area is 129 Å². The average Bonchev–Trinajstić information content (AvgIpc) is 2.96. The maximum atomic E-state index is 12.6. The summed E-state index contributed by atoms with van der Waals surface area (Å²) in [6.45, 7) is 5.70. The molecule has 1 saturated carbocycles. The highest BCUT2D eigenvalue weighted by atomic mass is 16.2. The Morgan fingerprint density at radius 3 is 2.57 bits per heavy atom. The summed E-state index contributed by atoms with van der Waals surface area (Å²) < 4.78 is 0. The van der Waals surface area contributed by atoms with E-state index in [9.17, 15) is 4.79 Å². The van der Waals surface area contributed by atoms with Crippen molar-refractivity contribution in [3.8, 4) is 0 Å². The molecule has 3 rings (SSSR count). The van der Waals surface area contributed by atoms with Crippen LogP contribution in [0.5, 0.6) is 0 Å². The molecular weight excluding hydrogens is 262 g/mol. The summed E-state index contributed by atoms with van der Waals surface area (Å²) in [6.07, 6.45) is 9.50. The molecule has 3 atom stereocenters. The quantitative estimate of drug-likeness (QED) is 0.864. The molecule has 3 fully saturated rings. The standard InChI is InChI=1S/C17H31N3O/c18-16-6-4-5-15(11-16)17(21)20-10-7-14(13-20)12-19-8-2-1-3-9-19/h14-16H,1-13,18H2. The lowest BCUT2D eigenvalue weighted by atomic mass is 9.85. The Hall–Kier alpha value is -0.610. The van der Waals surface area contributed by atoms with Crippen molar-refractivity contribution in [3.63, 3.8) is 0 Å². The summed E-state index contributed by atoms with van der Waals surface area (Å²) in [4.78, 5) is 17.4. The van der Waals surface area contributed by atoms with Crippen LogP contribution in [-0.4, -0.2) is 54.5 Å². The van der Waals surface area contributed by atoms with Gasteiger partial charge < -0.3 is 15.5 Å². The van der Waals surface area contributed by atoms with Crippen LogP contribution in [0.25, 0.3) is 0 Å². The summed E-state index contributed by atoms with van der Waals surface area (Å²) in [5, 5.41) is 0. The Morgan fingerprint density at radius 1 is 1.00 bits per heavy atom. The van der Waals surface area contributed by atoms with Gasteiger partial charge in [0.05, 0.1) is 0 Å². The molecule has 4 heteroatoms. The van der Waals surface area contributed by atoms with Crippen LogP contribution in [0.3, 0.4) is 0 Å². The normalized spacial score (nSPS) is 35.1. The lowest BCUT2D eigenvalue weighted by Gasteiger charge is -2.30. The molecule has 21 heavy (non-hydrogen) atoms. The number of likely N-dealkylation sites (tertiary alicyclic amines) is 2. The second-order valence-corrected chi connectivity index (χ2v) is 7.42. The largest absolute Gasteiger partial charge is 0.342 e. The van der Waals surface area contributed by atoms with Crippen LogP contribution in [0.15, 0.2) is 0 Å². The van der Waals surface area contributed by atoms with Crippen molar-refractivity contribution in [1.82, 2.24) is 9.80 Å². The minimum Gasteiger partial charge on any atom is -0.342 e. The summed E-state index contributed by atoms with van der Waals surface area (Å²) in [5.74, 6) is 1.30. The van der Waals surface area contributed by atoms with Gasteiger partial charge in [-0.25, -0.2) is 0 Å². The Balaban J connectivity index is 1.46. The number of hydrogen-bond donors (Lipinski definition) is 1. The molecule has 0 aromatic carbocycles. The second-order valence-electron chi connectivity index (χ2n) is 7.42. The van der Waals surface area contributed by atoms with Gasteiger partial charge in [0.15, 0.2) is 0 Å². The summed E-state index contributed by atoms with van der Waals surface area (Å²) in [6, 6.07) is 0.249. The number of rotatable bonds is 3. The maximum absolute atomic E-state index is 12.6. The van der Waals surface area contributed by atoms with E-state index in [0.29, 0.717) is 11.8 Å². The van der Waals surface area contributed by atoms with E-state index >= 15 is 0 Å². The average molecular weight is 293 g/mol. The van der Waals surface area contributed by atoms with E-state index in [0.717, 1.165) is 38.8 Å². The van der Waals surface area contributed by atoms with Crippen molar-refractivity contribution >= 4 is 5.91 Å². The maximum Gasteiger partial charge on any atom is 0.225 e. The molecule has 0 radical (unpaired) electrons. The van der Waals surface area contributed by atoms with Crippen molar-refractivity contribution in [2.45, 2.75) is 57.4 Å². The first kappa shape index (κ1) is 15.3. The summed E-state index contributed by atoms with van der Waals surface area (Å²) in [7, 11) is 0. The zero-order valence-electron chi connectivity index (χ0n) is 13.3. The minimum atomic E-state index is 0.211. The predicted molar refractivity (Wildman–Crippen MR) is 84.9 cm³/mol. The van der Waals surface area contributed by atoms with Gasteiger partial charge >= 0.3 is 0 Å². The van der Waals surface area contributed by atoms with Crippen molar-refractivity contribution < 1.29 is 4.79 Å². The number of nitrogens with two attached hydrogens (primary N) is 1. The fraction of sp³-hybridized carbons (Fsp3) is 0.941. The number of piperidine rings is 1. The Bertz CT molecular complexity index is 354. The van der Waals surface area contributed by atoms with Gasteiger partial charge in [-0.1, -0.05) is 12.8 Å². The van der Waals surface area contributed by atoms with Crippen LogP contribution in [0, 0.1) is 11.8 Å². The van der Waals surface area contributed by atoms with Gasteiger partial charge in [0.1, 0.15) is 0 Å². The van der Waals surface area contributed by atoms with Crippen molar-refractivity contribution in [1.29, 1.82) is 0 Å². The molecule has 1 amide bonds. The molecule has 2 heterocycles. The minimum absolute atomic E-state index is 0.211. The lowest BCUT2D eigenvalue weighted by molar-refractivity contribution is -0.135. The van der Waals surface area contributed by atoms with E-state index in [1.807, 2.05) is 0 Å². The first-order chi connectivity index (χ1) is 10.2. The van der Waals surface area contributed by atoms with Crippen molar-refractivity contribution in [2.24, 2.45) is 17.6 Å². The highest BCUT2D eigenvalue weighted by Crippen LogP contribution is 2.28. The zero-order valence-corrected chi connectivity index (χ0v) is 13.3. The van der Waals surface area contributed by atoms with E-state index in [-0.39, 0.29) is 12.0 Å². The summed E-state index contributed by atoms with van der Waals surface area (Å²) in [5.41, 5.74) is 6.04. The molecule has 3 unspecified atom stereocenters. The molecule has 0 bridgehead atoms. The molecule has 2 N–H and O–H groups in total. The first-order valence-corrected chi connectivity index (χ1v) is 8.99. The zero-order chi connectivity index (χ0) is 14.7. The molecule has 0 spiro atoms. The molecule has 2 aliphatic heterocycles. The second kappa shape index (κ2) is 7.10. The highest BCUT2D eigenvalue weighted by molar-refractivity contribution is 5.79. The van der Waals surface area contributed by atoms with E-state index in [4.69, 9.17) is 5.73 Å². The van der Waals surface area contributed by atoms with Crippen LogP contribution < -0.4 is 5.73 Å². The fourth-order valence-electron chi connectivity index (χ4n) is 4.40. The Morgan fingerprint density at radius 2 is 1.81 bits per heavy atom.